The van der Waals surface area contributed by atoms with Crippen molar-refractivity contribution in [3.63, 3.8) is 0 Å². The highest BCUT2D eigenvalue weighted by Gasteiger charge is 2.24. The van der Waals surface area contributed by atoms with Gasteiger partial charge in [0.05, 0.1) is 11.5 Å². The van der Waals surface area contributed by atoms with Gasteiger partial charge in [-0.25, -0.2) is 9.79 Å². The van der Waals surface area contributed by atoms with Crippen LogP contribution >= 0.6 is 22.6 Å². The summed E-state index contributed by atoms with van der Waals surface area (Å²) in [6.07, 6.45) is 1.59. The third-order valence-corrected chi connectivity index (χ3v) is 5.47. The van der Waals surface area contributed by atoms with E-state index in [9.17, 15) is 14.9 Å². The lowest BCUT2D eigenvalue weighted by molar-refractivity contribution is -0.384. The summed E-state index contributed by atoms with van der Waals surface area (Å²) in [7, 11) is 0. The largest absolute Gasteiger partial charge is 0.490 e. The number of non-ortho nitro benzene ring substituents is 1. The van der Waals surface area contributed by atoms with Crippen molar-refractivity contribution in [3.8, 4) is 11.5 Å². The van der Waals surface area contributed by atoms with Gasteiger partial charge in [0.2, 0.25) is 5.90 Å². The molecule has 1 aliphatic heterocycles. The van der Waals surface area contributed by atoms with Crippen LogP contribution in [0.2, 0.25) is 0 Å². The molecule has 8 nitrogen and oxygen atoms in total. The number of nitrogens with zero attached hydrogens (tertiary/aromatic N) is 2. The standard InChI is InChI=1S/C25H19IN2O6/c1-2-32-23-14-16(6-11-22(23)33-15-17-4-3-5-19(26)12-17)13-21-25(29)34-24(27-21)18-7-9-20(10-8-18)28(30)31/h3-14H,2,15H2,1H3/b21-13-. The molecule has 1 aliphatic rings. The summed E-state index contributed by atoms with van der Waals surface area (Å²) >= 11 is 2.26. The second-order valence-electron chi connectivity index (χ2n) is 7.20. The fraction of sp³-hybridized carbons (Fsp3) is 0.120. The number of cyclic esters (lactones) is 1. The number of nitro benzene ring substituents is 1. The minimum absolute atomic E-state index is 0.0581. The van der Waals surface area contributed by atoms with E-state index in [1.165, 1.54) is 24.3 Å². The van der Waals surface area contributed by atoms with Crippen LogP contribution in [0.3, 0.4) is 0 Å². The normalized spacial score (nSPS) is 14.0. The Morgan fingerprint density at radius 3 is 2.56 bits per heavy atom. The molecule has 0 bridgehead atoms. The van der Waals surface area contributed by atoms with Gasteiger partial charge in [-0.1, -0.05) is 18.2 Å². The topological polar surface area (TPSA) is 100 Å². The molecule has 4 rings (SSSR count). The third-order valence-electron chi connectivity index (χ3n) is 4.80. The Bertz CT molecular complexity index is 1300. The Hall–Kier alpha value is -3.73. The average Bonchev–Trinajstić information content (AvgIpc) is 3.19. The Morgan fingerprint density at radius 2 is 1.85 bits per heavy atom. The fourth-order valence-electron chi connectivity index (χ4n) is 3.21. The molecule has 3 aromatic rings. The number of esters is 1. The van der Waals surface area contributed by atoms with Crippen LogP contribution in [0, 0.1) is 13.7 Å². The molecule has 9 heteroatoms. The van der Waals surface area contributed by atoms with E-state index < -0.39 is 10.9 Å². The van der Waals surface area contributed by atoms with Gasteiger partial charge < -0.3 is 14.2 Å². The van der Waals surface area contributed by atoms with E-state index in [-0.39, 0.29) is 17.3 Å². The van der Waals surface area contributed by atoms with E-state index in [4.69, 9.17) is 14.2 Å². The van der Waals surface area contributed by atoms with E-state index in [2.05, 4.69) is 27.6 Å². The van der Waals surface area contributed by atoms with Crippen LogP contribution in [-0.2, 0) is 16.1 Å². The second-order valence-corrected chi connectivity index (χ2v) is 8.44. The van der Waals surface area contributed by atoms with E-state index in [1.54, 1.807) is 24.3 Å². The summed E-state index contributed by atoms with van der Waals surface area (Å²) in [5.74, 6) is 0.624. The van der Waals surface area contributed by atoms with Crippen LogP contribution in [0.1, 0.15) is 23.6 Å². The molecule has 0 unspecified atom stereocenters. The van der Waals surface area contributed by atoms with Gasteiger partial charge in [-0.15, -0.1) is 0 Å². The van der Waals surface area contributed by atoms with Gasteiger partial charge in [0.1, 0.15) is 6.61 Å². The van der Waals surface area contributed by atoms with Crippen molar-refractivity contribution in [1.29, 1.82) is 0 Å². The molecule has 3 aromatic carbocycles. The Labute approximate surface area is 209 Å². The second kappa shape index (κ2) is 10.5. The number of nitro groups is 1. The molecule has 0 saturated carbocycles. The molecule has 34 heavy (non-hydrogen) atoms. The van der Waals surface area contributed by atoms with Crippen molar-refractivity contribution >= 4 is 46.2 Å². The van der Waals surface area contributed by atoms with Crippen LogP contribution < -0.4 is 9.47 Å². The Kier molecular flexibility index (Phi) is 7.21. The molecule has 0 N–H and O–H groups in total. The monoisotopic (exact) mass is 570 g/mol. The highest BCUT2D eigenvalue weighted by Crippen LogP contribution is 2.31. The maximum atomic E-state index is 12.3. The molecule has 0 aromatic heterocycles. The highest BCUT2D eigenvalue weighted by atomic mass is 127. The van der Waals surface area contributed by atoms with Gasteiger partial charge in [-0.3, -0.25) is 10.1 Å². The van der Waals surface area contributed by atoms with Crippen molar-refractivity contribution in [1.82, 2.24) is 0 Å². The zero-order valence-corrected chi connectivity index (χ0v) is 20.2. The van der Waals surface area contributed by atoms with Crippen LogP contribution in [0.4, 0.5) is 5.69 Å². The minimum atomic E-state index is -0.606. The van der Waals surface area contributed by atoms with Gasteiger partial charge >= 0.3 is 5.97 Å². The van der Waals surface area contributed by atoms with Crippen LogP contribution in [0.5, 0.6) is 11.5 Å². The SMILES string of the molecule is CCOc1cc(/C=C2\N=C(c3ccc([N+](=O)[O-])cc3)OC2=O)ccc1OCc1cccc(I)c1. The minimum Gasteiger partial charge on any atom is -0.490 e. The number of aliphatic imine (C=N–C) groups is 1. The Balaban J connectivity index is 1.54. The lowest BCUT2D eigenvalue weighted by Crippen LogP contribution is -2.05. The molecule has 0 fully saturated rings. The molecular weight excluding hydrogens is 551 g/mol. The van der Waals surface area contributed by atoms with Gasteiger partial charge in [-0.2, -0.15) is 0 Å². The van der Waals surface area contributed by atoms with E-state index in [1.807, 2.05) is 31.2 Å². The fourth-order valence-corrected chi connectivity index (χ4v) is 3.81. The highest BCUT2D eigenvalue weighted by molar-refractivity contribution is 14.1. The van der Waals surface area contributed by atoms with Crippen molar-refractivity contribution in [3.05, 3.63) is 103 Å². The quantitative estimate of drug-likeness (QED) is 0.116. The number of carbonyl (C=O) groups is 1. The summed E-state index contributed by atoms with van der Waals surface area (Å²) in [6, 6.07) is 19.0. The molecule has 0 atom stereocenters. The molecule has 0 saturated heterocycles. The van der Waals surface area contributed by atoms with Crippen LogP contribution in [0.25, 0.3) is 6.08 Å². The number of halogens is 1. The third kappa shape index (κ3) is 5.60. The first kappa shape index (κ1) is 23.4. The molecule has 0 amide bonds. The van der Waals surface area contributed by atoms with E-state index >= 15 is 0 Å². The molecular formula is C25H19IN2O6. The number of ether oxygens (including phenoxy) is 3. The molecule has 0 radical (unpaired) electrons. The van der Waals surface area contributed by atoms with E-state index in [0.29, 0.717) is 35.8 Å². The average molecular weight is 570 g/mol. The smallest absolute Gasteiger partial charge is 0.363 e. The zero-order valence-electron chi connectivity index (χ0n) is 18.1. The predicted molar refractivity (Wildman–Crippen MR) is 135 cm³/mol. The maximum Gasteiger partial charge on any atom is 0.363 e. The van der Waals surface area contributed by atoms with E-state index in [0.717, 1.165) is 9.13 Å². The number of hydrogen-bond acceptors (Lipinski definition) is 7. The zero-order chi connectivity index (χ0) is 24.1. The molecule has 0 aliphatic carbocycles. The van der Waals surface area contributed by atoms with Crippen molar-refractivity contribution in [2.24, 2.45) is 4.99 Å². The van der Waals surface area contributed by atoms with Crippen molar-refractivity contribution in [2.45, 2.75) is 13.5 Å². The number of hydrogen-bond donors (Lipinski definition) is 0. The molecule has 172 valence electrons. The van der Waals surface area contributed by atoms with Gasteiger partial charge in [-0.05, 0) is 83.1 Å². The van der Waals surface area contributed by atoms with Gasteiger partial charge in [0, 0.05) is 21.3 Å². The van der Waals surface area contributed by atoms with Crippen LogP contribution in [0.15, 0.2) is 77.4 Å². The van der Waals surface area contributed by atoms with Gasteiger partial charge in [0.25, 0.3) is 5.69 Å². The lowest BCUT2D eigenvalue weighted by Gasteiger charge is -2.13. The lowest BCUT2D eigenvalue weighted by atomic mass is 10.1. The summed E-state index contributed by atoms with van der Waals surface area (Å²) in [5, 5.41) is 10.8. The van der Waals surface area contributed by atoms with Gasteiger partial charge in [0.15, 0.2) is 17.2 Å². The van der Waals surface area contributed by atoms with Crippen LogP contribution in [-0.4, -0.2) is 23.4 Å². The first-order valence-corrected chi connectivity index (χ1v) is 11.4. The predicted octanol–water partition coefficient (Wildman–Crippen LogP) is 5.52. The number of rotatable bonds is 8. The first-order chi connectivity index (χ1) is 16.4. The number of carbonyl (C=O) groups excluding carboxylic acids is 1. The summed E-state index contributed by atoms with van der Waals surface area (Å²) < 4.78 is 18.1. The summed E-state index contributed by atoms with van der Waals surface area (Å²) in [5.41, 5.74) is 2.25. The first-order valence-electron chi connectivity index (χ1n) is 10.3. The Morgan fingerprint density at radius 1 is 1.06 bits per heavy atom. The van der Waals surface area contributed by atoms with Crippen molar-refractivity contribution in [2.75, 3.05) is 6.61 Å². The molecule has 0 spiro atoms. The number of benzene rings is 3. The molecule has 1 heterocycles. The summed E-state index contributed by atoms with van der Waals surface area (Å²) in [4.78, 5) is 26.9. The summed E-state index contributed by atoms with van der Waals surface area (Å²) in [6.45, 7) is 2.72. The van der Waals surface area contributed by atoms with Crippen molar-refractivity contribution < 1.29 is 23.9 Å². The maximum absolute atomic E-state index is 12.3.